The van der Waals surface area contributed by atoms with Gasteiger partial charge in [0.15, 0.2) is 0 Å². The molecule has 4 nitrogen and oxygen atoms in total. The molecular weight excluding hydrogens is 434 g/mol. The van der Waals surface area contributed by atoms with Crippen LogP contribution < -0.4 is 10.1 Å². The summed E-state index contributed by atoms with van der Waals surface area (Å²) >= 11 is 0. The molecule has 0 bridgehead atoms. The van der Waals surface area contributed by atoms with Gasteiger partial charge in [-0.05, 0) is 42.5 Å². The Morgan fingerprint density at radius 3 is 2.65 bits per heavy atom. The fraction of sp³-hybridized carbons (Fsp3) is 0.273. The average molecular weight is 452 g/mol. The first-order valence-corrected chi connectivity index (χ1v) is 9.35. The molecule has 0 aliphatic heterocycles. The summed E-state index contributed by atoms with van der Waals surface area (Å²) in [4.78, 5) is 7.07. The first kappa shape index (κ1) is 22.8. The maximum atomic E-state index is 14.3. The normalized spacial score (nSPS) is 18.0. The van der Waals surface area contributed by atoms with Crippen LogP contribution in [0.2, 0.25) is 0 Å². The van der Waals surface area contributed by atoms with E-state index in [1.165, 1.54) is 18.2 Å². The van der Waals surface area contributed by atoms with Crippen LogP contribution in [-0.2, 0) is 12.7 Å². The van der Waals surface area contributed by atoms with Crippen molar-refractivity contribution >= 4 is 28.9 Å². The molecule has 0 atom stereocenters. The van der Waals surface area contributed by atoms with Crippen LogP contribution >= 0.6 is 12.4 Å². The third kappa shape index (κ3) is 4.73. The van der Waals surface area contributed by atoms with Crippen molar-refractivity contribution < 1.29 is 22.3 Å². The molecule has 1 heterocycles. The molecule has 0 spiro atoms. The maximum Gasteiger partial charge on any atom is 0.407 e. The molecule has 3 aromatic rings. The summed E-state index contributed by atoms with van der Waals surface area (Å²) in [5.41, 5.74) is -0.967. The predicted octanol–water partition coefficient (Wildman–Crippen LogP) is 6.06. The lowest BCUT2D eigenvalue weighted by atomic mass is 9.88. The third-order valence-electron chi connectivity index (χ3n) is 5.25. The minimum Gasteiger partial charge on any atom is -0.501 e. The van der Waals surface area contributed by atoms with E-state index in [4.69, 9.17) is 11.3 Å². The quantitative estimate of drug-likeness (QED) is 0.378. The Balaban J connectivity index is 0.00000272. The molecule has 9 heteroatoms. The van der Waals surface area contributed by atoms with Gasteiger partial charge in [0, 0.05) is 35.9 Å². The smallest absolute Gasteiger partial charge is 0.407 e. The SMILES string of the molecule is Cl.[C-]#[N+]c1c(OC2CC(NCc3c(F)ccc4cnccc34)C2)cccc1C(F)(F)F. The number of pyridine rings is 1. The van der Waals surface area contributed by atoms with Gasteiger partial charge in [0.2, 0.25) is 5.69 Å². The van der Waals surface area contributed by atoms with Gasteiger partial charge in [0.25, 0.3) is 0 Å². The van der Waals surface area contributed by atoms with Crippen molar-refractivity contribution in [1.29, 1.82) is 0 Å². The van der Waals surface area contributed by atoms with Crippen LogP contribution in [0.5, 0.6) is 5.75 Å². The van der Waals surface area contributed by atoms with E-state index in [2.05, 4.69) is 15.1 Å². The zero-order valence-electron chi connectivity index (χ0n) is 16.1. The van der Waals surface area contributed by atoms with Crippen LogP contribution in [-0.4, -0.2) is 17.1 Å². The second-order valence-electron chi connectivity index (χ2n) is 7.17. The van der Waals surface area contributed by atoms with E-state index in [0.29, 0.717) is 24.9 Å². The zero-order valence-corrected chi connectivity index (χ0v) is 16.9. The molecule has 1 aliphatic rings. The Bertz CT molecular complexity index is 1120. The zero-order chi connectivity index (χ0) is 21.3. The number of para-hydroxylation sites is 1. The Kier molecular flexibility index (Phi) is 6.68. The number of hydrogen-bond acceptors (Lipinski definition) is 3. The van der Waals surface area contributed by atoms with Crippen LogP contribution in [0.15, 0.2) is 48.8 Å². The van der Waals surface area contributed by atoms with Gasteiger partial charge in [0.05, 0.1) is 18.2 Å². The number of aromatic nitrogens is 1. The average Bonchev–Trinajstić information content (AvgIpc) is 2.69. The first-order valence-electron chi connectivity index (χ1n) is 9.35. The number of ether oxygens (including phenoxy) is 1. The molecule has 1 N–H and O–H groups in total. The number of hydrogen-bond donors (Lipinski definition) is 1. The Morgan fingerprint density at radius 2 is 1.94 bits per heavy atom. The van der Waals surface area contributed by atoms with Crippen molar-refractivity contribution in [2.75, 3.05) is 0 Å². The molecule has 1 aromatic heterocycles. The minimum absolute atomic E-state index is 0. The first-order chi connectivity index (χ1) is 14.4. The number of benzene rings is 2. The van der Waals surface area contributed by atoms with Gasteiger partial charge in [0.1, 0.15) is 11.6 Å². The van der Waals surface area contributed by atoms with Crippen molar-refractivity contribution in [2.24, 2.45) is 0 Å². The van der Waals surface area contributed by atoms with E-state index < -0.39 is 17.4 Å². The van der Waals surface area contributed by atoms with Crippen LogP contribution in [0.25, 0.3) is 15.6 Å². The van der Waals surface area contributed by atoms with Gasteiger partial charge in [-0.15, -0.1) is 12.4 Å². The van der Waals surface area contributed by atoms with Gasteiger partial charge in [-0.1, -0.05) is 12.1 Å². The van der Waals surface area contributed by atoms with Crippen LogP contribution in [0, 0.1) is 12.4 Å². The van der Waals surface area contributed by atoms with Gasteiger partial charge in [-0.25, -0.2) is 9.24 Å². The molecule has 1 saturated carbocycles. The van der Waals surface area contributed by atoms with Crippen LogP contribution in [0.1, 0.15) is 24.0 Å². The topological polar surface area (TPSA) is 38.5 Å². The van der Waals surface area contributed by atoms with Crippen molar-refractivity contribution in [3.8, 4) is 5.75 Å². The molecule has 4 rings (SSSR count). The minimum atomic E-state index is -4.61. The molecule has 162 valence electrons. The highest BCUT2D eigenvalue weighted by Gasteiger charge is 2.36. The highest BCUT2D eigenvalue weighted by molar-refractivity contribution is 5.85. The monoisotopic (exact) mass is 451 g/mol. The highest BCUT2D eigenvalue weighted by atomic mass is 35.5. The largest absolute Gasteiger partial charge is 0.501 e. The molecule has 1 fully saturated rings. The highest BCUT2D eigenvalue weighted by Crippen LogP contribution is 2.43. The van der Waals surface area contributed by atoms with Gasteiger partial charge >= 0.3 is 6.18 Å². The predicted molar refractivity (Wildman–Crippen MR) is 111 cm³/mol. The van der Waals surface area contributed by atoms with Crippen LogP contribution in [0.4, 0.5) is 23.2 Å². The lowest BCUT2D eigenvalue weighted by Gasteiger charge is -2.36. The van der Waals surface area contributed by atoms with Crippen molar-refractivity contribution in [2.45, 2.75) is 37.7 Å². The van der Waals surface area contributed by atoms with Crippen molar-refractivity contribution in [3.63, 3.8) is 0 Å². The fourth-order valence-corrected chi connectivity index (χ4v) is 3.60. The third-order valence-corrected chi connectivity index (χ3v) is 5.25. The number of nitrogens with one attached hydrogen (secondary N) is 1. The summed E-state index contributed by atoms with van der Waals surface area (Å²) in [7, 11) is 0. The van der Waals surface area contributed by atoms with E-state index >= 15 is 0 Å². The lowest BCUT2D eigenvalue weighted by molar-refractivity contribution is -0.137. The van der Waals surface area contributed by atoms with Gasteiger partial charge in [-0.2, -0.15) is 13.2 Å². The molecule has 0 saturated heterocycles. The number of fused-ring (bicyclic) bond motifs is 1. The molecular formula is C22H18ClF4N3O. The van der Waals surface area contributed by atoms with E-state index in [9.17, 15) is 17.6 Å². The number of nitrogens with zero attached hydrogens (tertiary/aromatic N) is 2. The van der Waals surface area contributed by atoms with E-state index in [1.54, 1.807) is 24.5 Å². The second kappa shape index (κ2) is 9.08. The van der Waals surface area contributed by atoms with Crippen LogP contribution in [0.3, 0.4) is 0 Å². The molecule has 2 aromatic carbocycles. The summed E-state index contributed by atoms with van der Waals surface area (Å²) in [6.45, 7) is 7.43. The standard InChI is InChI=1S/C22H17F4N3O.ClH/c1-27-21-18(22(24,25)26)3-2-4-20(21)30-15-9-14(10-15)29-12-17-16-7-8-28-11-13(16)5-6-19(17)23;/h2-8,11,14-15,29H,9-10,12H2;1H. The number of halogens is 5. The Morgan fingerprint density at radius 1 is 1.16 bits per heavy atom. The van der Waals surface area contributed by atoms with E-state index in [0.717, 1.165) is 16.8 Å². The summed E-state index contributed by atoms with van der Waals surface area (Å²) in [6.07, 6.45) is -0.504. The Labute approximate surface area is 182 Å². The molecule has 0 amide bonds. The fourth-order valence-electron chi connectivity index (χ4n) is 3.60. The molecule has 1 aliphatic carbocycles. The molecule has 31 heavy (non-hydrogen) atoms. The van der Waals surface area contributed by atoms with Gasteiger partial charge in [-0.3, -0.25) is 4.98 Å². The number of alkyl halides is 3. The molecule has 0 unspecified atom stereocenters. The lowest BCUT2D eigenvalue weighted by Crippen LogP contribution is -2.46. The Hall–Kier alpha value is -2.89. The van der Waals surface area contributed by atoms with E-state index in [1.807, 2.05) is 0 Å². The summed E-state index contributed by atoms with van der Waals surface area (Å²) < 4.78 is 59.1. The summed E-state index contributed by atoms with van der Waals surface area (Å²) in [6, 6.07) is 8.39. The maximum absolute atomic E-state index is 14.3. The summed E-state index contributed by atoms with van der Waals surface area (Å²) in [5.74, 6) is -0.366. The van der Waals surface area contributed by atoms with Crippen molar-refractivity contribution in [3.05, 3.63) is 77.2 Å². The summed E-state index contributed by atoms with van der Waals surface area (Å²) in [5, 5.41) is 4.90. The molecule has 0 radical (unpaired) electrons. The van der Waals surface area contributed by atoms with Gasteiger partial charge < -0.3 is 10.1 Å². The van der Waals surface area contributed by atoms with E-state index in [-0.39, 0.29) is 36.1 Å². The second-order valence-corrected chi connectivity index (χ2v) is 7.17. The number of rotatable bonds is 5. The van der Waals surface area contributed by atoms with Crippen molar-refractivity contribution in [1.82, 2.24) is 10.3 Å².